The quantitative estimate of drug-likeness (QED) is 0.937. The average Bonchev–Trinajstić information content (AvgIpc) is 2.55. The topological polar surface area (TPSA) is 58.1 Å². The Labute approximate surface area is 143 Å². The summed E-state index contributed by atoms with van der Waals surface area (Å²) in [6.45, 7) is 8.31. The summed E-state index contributed by atoms with van der Waals surface area (Å²) in [5.74, 6) is 1.40. The van der Waals surface area contributed by atoms with Crippen molar-refractivity contribution in [1.82, 2.24) is 9.97 Å². The zero-order valence-electron chi connectivity index (χ0n) is 14.5. The highest BCUT2D eigenvalue weighted by atomic mass is 16.1. The van der Waals surface area contributed by atoms with Crippen LogP contribution in [-0.2, 0) is 0 Å². The van der Waals surface area contributed by atoms with Gasteiger partial charge in [-0.2, -0.15) is 0 Å². The highest BCUT2D eigenvalue weighted by Crippen LogP contribution is 2.21. The van der Waals surface area contributed by atoms with E-state index in [1.165, 1.54) is 12.8 Å². The summed E-state index contributed by atoms with van der Waals surface area (Å²) in [5.41, 5.74) is 3.36. The van der Waals surface area contributed by atoms with E-state index in [4.69, 9.17) is 0 Å². The Morgan fingerprint density at radius 1 is 1.08 bits per heavy atom. The summed E-state index contributed by atoms with van der Waals surface area (Å²) < 4.78 is 0. The van der Waals surface area contributed by atoms with E-state index in [1.54, 1.807) is 12.4 Å². The van der Waals surface area contributed by atoms with Crippen LogP contribution in [0, 0.1) is 19.8 Å². The molecule has 5 heteroatoms. The van der Waals surface area contributed by atoms with Gasteiger partial charge in [-0.3, -0.25) is 4.79 Å². The minimum absolute atomic E-state index is 0.230. The summed E-state index contributed by atoms with van der Waals surface area (Å²) in [6, 6.07) is 5.97. The molecule has 126 valence electrons. The Morgan fingerprint density at radius 3 is 2.33 bits per heavy atom. The zero-order valence-corrected chi connectivity index (χ0v) is 14.5. The fourth-order valence-electron chi connectivity index (χ4n) is 3.08. The lowest BCUT2D eigenvalue weighted by Crippen LogP contribution is -2.33. The first-order valence-electron chi connectivity index (χ1n) is 8.48. The number of benzene rings is 1. The number of nitrogens with zero attached hydrogens (tertiary/aromatic N) is 3. The highest BCUT2D eigenvalue weighted by Gasteiger charge is 2.18. The second-order valence-electron chi connectivity index (χ2n) is 6.76. The first kappa shape index (κ1) is 16.4. The maximum Gasteiger partial charge on any atom is 0.275 e. The number of anilines is 2. The van der Waals surface area contributed by atoms with Gasteiger partial charge in [0.15, 0.2) is 0 Å². The standard InChI is InChI=1S/C19H24N4O/c1-13-4-6-23(7-5-13)18-12-20-17(11-21-18)19(24)22-16-9-14(2)8-15(3)10-16/h8-13H,4-7H2,1-3H3,(H,22,24). The van der Waals surface area contributed by atoms with Gasteiger partial charge < -0.3 is 10.2 Å². The number of piperidine rings is 1. The van der Waals surface area contributed by atoms with Gasteiger partial charge in [-0.05, 0) is 55.9 Å². The number of aromatic nitrogens is 2. The molecule has 0 atom stereocenters. The molecular formula is C19H24N4O. The number of carbonyl (C=O) groups is 1. The van der Waals surface area contributed by atoms with Crippen LogP contribution in [-0.4, -0.2) is 29.0 Å². The molecule has 0 aliphatic carbocycles. The van der Waals surface area contributed by atoms with Crippen LogP contribution in [0.1, 0.15) is 41.4 Å². The molecule has 1 aromatic heterocycles. The van der Waals surface area contributed by atoms with E-state index in [0.29, 0.717) is 5.69 Å². The molecule has 1 amide bonds. The molecular weight excluding hydrogens is 300 g/mol. The number of nitrogens with one attached hydrogen (secondary N) is 1. The fourth-order valence-corrected chi connectivity index (χ4v) is 3.08. The van der Waals surface area contributed by atoms with Crippen LogP contribution in [0.5, 0.6) is 0 Å². The van der Waals surface area contributed by atoms with Crippen LogP contribution < -0.4 is 10.2 Å². The van der Waals surface area contributed by atoms with Crippen molar-refractivity contribution >= 4 is 17.4 Å². The molecule has 2 heterocycles. The van der Waals surface area contributed by atoms with Crippen LogP contribution in [0.25, 0.3) is 0 Å². The number of carbonyl (C=O) groups excluding carboxylic acids is 1. The minimum atomic E-state index is -0.230. The van der Waals surface area contributed by atoms with E-state index in [9.17, 15) is 4.79 Å². The molecule has 1 fully saturated rings. The second kappa shape index (κ2) is 6.99. The normalized spacial score (nSPS) is 15.4. The summed E-state index contributed by atoms with van der Waals surface area (Å²) in [4.78, 5) is 23.3. The third-order valence-electron chi connectivity index (χ3n) is 4.46. The molecule has 1 N–H and O–H groups in total. The Morgan fingerprint density at radius 2 is 1.75 bits per heavy atom. The number of hydrogen-bond acceptors (Lipinski definition) is 4. The molecule has 0 spiro atoms. The lowest BCUT2D eigenvalue weighted by Gasteiger charge is -2.30. The summed E-state index contributed by atoms with van der Waals surface area (Å²) >= 11 is 0. The van der Waals surface area contributed by atoms with Gasteiger partial charge >= 0.3 is 0 Å². The van der Waals surface area contributed by atoms with Gasteiger partial charge in [-0.15, -0.1) is 0 Å². The summed E-state index contributed by atoms with van der Waals surface area (Å²) in [6.07, 6.45) is 5.62. The van der Waals surface area contributed by atoms with Crippen LogP contribution in [0.15, 0.2) is 30.6 Å². The number of hydrogen-bond donors (Lipinski definition) is 1. The molecule has 1 aliphatic heterocycles. The highest BCUT2D eigenvalue weighted by molar-refractivity contribution is 6.02. The van der Waals surface area contributed by atoms with Crippen molar-refractivity contribution in [3.8, 4) is 0 Å². The second-order valence-corrected chi connectivity index (χ2v) is 6.76. The third-order valence-corrected chi connectivity index (χ3v) is 4.46. The smallest absolute Gasteiger partial charge is 0.275 e. The Bertz CT molecular complexity index is 698. The van der Waals surface area contributed by atoms with Crippen molar-refractivity contribution in [2.45, 2.75) is 33.6 Å². The minimum Gasteiger partial charge on any atom is -0.355 e. The summed E-state index contributed by atoms with van der Waals surface area (Å²) in [5, 5.41) is 2.89. The molecule has 24 heavy (non-hydrogen) atoms. The van der Waals surface area contributed by atoms with E-state index < -0.39 is 0 Å². The van der Waals surface area contributed by atoms with E-state index in [0.717, 1.165) is 41.6 Å². The number of amides is 1. The SMILES string of the molecule is Cc1cc(C)cc(NC(=O)c2cnc(N3CCC(C)CC3)cn2)c1. The molecule has 0 saturated carbocycles. The first-order chi connectivity index (χ1) is 11.5. The van der Waals surface area contributed by atoms with Gasteiger partial charge in [0.05, 0.1) is 12.4 Å². The van der Waals surface area contributed by atoms with E-state index in [-0.39, 0.29) is 5.91 Å². The van der Waals surface area contributed by atoms with Gasteiger partial charge in [-0.1, -0.05) is 13.0 Å². The molecule has 1 saturated heterocycles. The molecule has 1 aromatic carbocycles. The predicted octanol–water partition coefficient (Wildman–Crippen LogP) is 3.58. The maximum atomic E-state index is 12.3. The third kappa shape index (κ3) is 3.91. The van der Waals surface area contributed by atoms with Crippen LogP contribution >= 0.6 is 0 Å². The molecule has 0 radical (unpaired) electrons. The molecule has 2 aromatic rings. The monoisotopic (exact) mass is 324 g/mol. The average molecular weight is 324 g/mol. The lowest BCUT2D eigenvalue weighted by molar-refractivity contribution is 0.102. The van der Waals surface area contributed by atoms with Crippen LogP contribution in [0.3, 0.4) is 0 Å². The van der Waals surface area contributed by atoms with Crippen molar-refractivity contribution in [2.75, 3.05) is 23.3 Å². The Kier molecular flexibility index (Phi) is 4.79. The van der Waals surface area contributed by atoms with Crippen molar-refractivity contribution < 1.29 is 4.79 Å². The van der Waals surface area contributed by atoms with Crippen LogP contribution in [0.4, 0.5) is 11.5 Å². The van der Waals surface area contributed by atoms with Crippen molar-refractivity contribution in [3.63, 3.8) is 0 Å². The molecule has 3 rings (SSSR count). The predicted molar refractivity (Wildman–Crippen MR) is 96.5 cm³/mol. The van der Waals surface area contributed by atoms with E-state index in [1.807, 2.05) is 26.0 Å². The largest absolute Gasteiger partial charge is 0.355 e. The van der Waals surface area contributed by atoms with Gasteiger partial charge in [0.1, 0.15) is 11.5 Å². The maximum absolute atomic E-state index is 12.3. The molecule has 1 aliphatic rings. The van der Waals surface area contributed by atoms with Gasteiger partial charge in [0.2, 0.25) is 0 Å². The Balaban J connectivity index is 1.67. The fraction of sp³-hybridized carbons (Fsp3) is 0.421. The molecule has 0 bridgehead atoms. The summed E-state index contributed by atoms with van der Waals surface area (Å²) in [7, 11) is 0. The van der Waals surface area contributed by atoms with Gasteiger partial charge in [-0.25, -0.2) is 9.97 Å². The molecule has 0 unspecified atom stereocenters. The first-order valence-corrected chi connectivity index (χ1v) is 8.48. The lowest BCUT2D eigenvalue weighted by atomic mass is 9.99. The van der Waals surface area contributed by atoms with Gasteiger partial charge in [0, 0.05) is 18.8 Å². The van der Waals surface area contributed by atoms with Crippen LogP contribution in [0.2, 0.25) is 0 Å². The van der Waals surface area contributed by atoms with E-state index >= 15 is 0 Å². The number of aryl methyl sites for hydroxylation is 2. The molecule has 5 nitrogen and oxygen atoms in total. The van der Waals surface area contributed by atoms with Crippen molar-refractivity contribution in [1.29, 1.82) is 0 Å². The van der Waals surface area contributed by atoms with Crippen molar-refractivity contribution in [2.24, 2.45) is 5.92 Å². The van der Waals surface area contributed by atoms with E-state index in [2.05, 4.69) is 33.2 Å². The Hall–Kier alpha value is -2.43. The number of rotatable bonds is 3. The van der Waals surface area contributed by atoms with Gasteiger partial charge in [0.25, 0.3) is 5.91 Å². The zero-order chi connectivity index (χ0) is 17.1. The van der Waals surface area contributed by atoms with Crippen molar-refractivity contribution in [3.05, 3.63) is 47.4 Å².